The molecule has 2 aliphatic carbocycles. The fourth-order valence-electron chi connectivity index (χ4n) is 7.29. The number of benzene rings is 2. The van der Waals surface area contributed by atoms with Gasteiger partial charge in [-0.15, -0.1) is 0 Å². The van der Waals surface area contributed by atoms with Crippen LogP contribution in [0.25, 0.3) is 10.2 Å². The van der Waals surface area contributed by atoms with E-state index < -0.39 is 38.7 Å². The highest BCUT2D eigenvalue weighted by Gasteiger charge is 2.61. The van der Waals surface area contributed by atoms with Crippen molar-refractivity contribution in [3.63, 3.8) is 0 Å². The molecule has 4 aliphatic rings. The minimum absolute atomic E-state index is 0.121. The number of ketones is 1. The van der Waals surface area contributed by atoms with E-state index in [2.05, 4.69) is 9.71 Å². The minimum Gasteiger partial charge on any atom is -0.465 e. The van der Waals surface area contributed by atoms with Gasteiger partial charge >= 0.3 is 0 Å². The van der Waals surface area contributed by atoms with Crippen molar-refractivity contribution in [1.29, 1.82) is 0 Å². The molecule has 1 N–H and O–H groups in total. The number of sulfonamides is 1. The van der Waals surface area contributed by atoms with Gasteiger partial charge in [-0.25, -0.2) is 17.8 Å². The van der Waals surface area contributed by atoms with Gasteiger partial charge in [-0.1, -0.05) is 66.7 Å². The molecule has 1 aromatic heterocycles. The average molecular weight is 694 g/mol. The Bertz CT molecular complexity index is 1840. The molecule has 9 nitrogen and oxygen atoms in total. The summed E-state index contributed by atoms with van der Waals surface area (Å²) in [4.78, 5) is 48.6. The van der Waals surface area contributed by atoms with Crippen LogP contribution in [0.2, 0.25) is 0 Å². The van der Waals surface area contributed by atoms with Crippen LogP contribution in [0.4, 0.5) is 4.39 Å². The molecule has 5 atom stereocenters. The lowest BCUT2D eigenvalue weighted by molar-refractivity contribution is -0.142. The molecule has 1 saturated heterocycles. The molecular weight excluding hydrogens is 654 g/mol. The number of amides is 2. The van der Waals surface area contributed by atoms with Crippen molar-refractivity contribution in [2.75, 3.05) is 6.54 Å². The molecule has 3 heterocycles. The van der Waals surface area contributed by atoms with Gasteiger partial charge in [0.15, 0.2) is 5.78 Å². The summed E-state index contributed by atoms with van der Waals surface area (Å²) in [5, 5.41) is -0.234. The zero-order valence-electron chi connectivity index (χ0n) is 26.7. The first kappa shape index (κ1) is 32.9. The SMILES string of the molecule is O=C1C[C@]2(C(=O)NS(=O)(=O)C3CC3)C[C@H]2/C=C\CCCCC[C@H](Cc2ccccc2)C(=O)N2C[C@H](Oc3nc4ccc(F)cc4s3)C[C@@H]12. The lowest BCUT2D eigenvalue weighted by atomic mass is 9.90. The van der Waals surface area contributed by atoms with E-state index in [-0.39, 0.29) is 48.7 Å². The average Bonchev–Trinajstić information content (AvgIpc) is 3.95. The van der Waals surface area contributed by atoms with E-state index in [1.165, 1.54) is 23.5 Å². The highest BCUT2D eigenvalue weighted by atomic mass is 32.2. The van der Waals surface area contributed by atoms with Gasteiger partial charge in [-0.3, -0.25) is 19.1 Å². The number of carbonyl (C=O) groups is 3. The Balaban J connectivity index is 1.18. The molecule has 2 amide bonds. The van der Waals surface area contributed by atoms with Crippen molar-refractivity contribution >= 4 is 49.2 Å². The van der Waals surface area contributed by atoms with Gasteiger partial charge in [0.1, 0.15) is 11.9 Å². The monoisotopic (exact) mass is 693 g/mol. The topological polar surface area (TPSA) is 123 Å². The standard InChI is InChI=1S/C36H40FN3O6S2/c37-26-13-16-29-32(18-26)47-35(38-29)46-27-19-30-31(41)21-36(34(43)39-48(44,45)28-14-15-28)20-25(36)12-8-3-1-2-7-11-24(33(42)40(30)22-27)17-23-9-5-4-6-10-23/h4-6,8-10,12-13,16,18,24-25,27-28,30H,1-3,7,11,14-15,17,19-22H2,(H,39,43)/b12-8-/t24-,25-,27-,30+,36-/m1/s1. The van der Waals surface area contributed by atoms with Crippen LogP contribution in [0.5, 0.6) is 5.19 Å². The molecule has 0 bridgehead atoms. The number of nitrogens with zero attached hydrogens (tertiary/aromatic N) is 2. The maximum absolute atomic E-state index is 14.5. The molecular formula is C36H40FN3O6S2. The summed E-state index contributed by atoms with van der Waals surface area (Å²) in [6, 6.07) is 13.3. The van der Waals surface area contributed by atoms with Crippen molar-refractivity contribution < 1.29 is 31.9 Å². The molecule has 2 aromatic carbocycles. The Morgan fingerprint density at radius 1 is 1.08 bits per heavy atom. The second-order valence-electron chi connectivity index (χ2n) is 13.8. The first-order chi connectivity index (χ1) is 23.1. The predicted octanol–water partition coefficient (Wildman–Crippen LogP) is 5.74. The van der Waals surface area contributed by atoms with Crippen LogP contribution in [-0.2, 0) is 30.8 Å². The molecule has 0 unspecified atom stereocenters. The van der Waals surface area contributed by atoms with Crippen molar-refractivity contribution in [2.24, 2.45) is 17.3 Å². The number of allylic oxidation sites excluding steroid dienone is 2. The molecule has 12 heteroatoms. The number of fused-ring (bicyclic) bond motifs is 3. The summed E-state index contributed by atoms with van der Waals surface area (Å²) in [6.45, 7) is 0.170. The van der Waals surface area contributed by atoms with E-state index in [1.807, 2.05) is 42.5 Å². The second-order valence-corrected chi connectivity index (χ2v) is 16.8. The van der Waals surface area contributed by atoms with E-state index in [0.717, 1.165) is 31.2 Å². The van der Waals surface area contributed by atoms with Gasteiger partial charge in [-0.05, 0) is 74.6 Å². The lowest BCUT2D eigenvalue weighted by Crippen LogP contribution is -2.46. The highest BCUT2D eigenvalue weighted by molar-refractivity contribution is 7.90. The number of rotatable bonds is 7. The van der Waals surface area contributed by atoms with E-state index in [9.17, 15) is 27.2 Å². The van der Waals surface area contributed by atoms with Crippen molar-refractivity contribution in [3.05, 3.63) is 72.1 Å². The van der Waals surface area contributed by atoms with E-state index in [0.29, 0.717) is 47.5 Å². The van der Waals surface area contributed by atoms with Crippen molar-refractivity contribution in [3.8, 4) is 5.19 Å². The number of halogens is 1. The molecule has 48 heavy (non-hydrogen) atoms. The van der Waals surface area contributed by atoms with Gasteiger partial charge in [0.25, 0.3) is 5.19 Å². The Morgan fingerprint density at radius 2 is 1.90 bits per heavy atom. The molecule has 2 aliphatic heterocycles. The third-order valence-corrected chi connectivity index (χ3v) is 13.0. The summed E-state index contributed by atoms with van der Waals surface area (Å²) < 4.78 is 48.6. The number of Topliss-reactive ketones (excluding diaryl/α,β-unsaturated/α-hetero) is 1. The van der Waals surface area contributed by atoms with Crippen LogP contribution in [0, 0.1) is 23.1 Å². The quantitative estimate of drug-likeness (QED) is 0.314. The van der Waals surface area contributed by atoms with Gasteiger partial charge in [-0.2, -0.15) is 0 Å². The number of hydrogen-bond acceptors (Lipinski definition) is 8. The van der Waals surface area contributed by atoms with Crippen molar-refractivity contribution in [2.45, 2.75) is 88.0 Å². The predicted molar refractivity (Wildman–Crippen MR) is 180 cm³/mol. The van der Waals surface area contributed by atoms with Gasteiger partial charge in [0.05, 0.1) is 33.5 Å². The fourth-order valence-corrected chi connectivity index (χ4v) is 9.58. The van der Waals surface area contributed by atoms with E-state index in [1.54, 1.807) is 11.0 Å². The van der Waals surface area contributed by atoms with Crippen LogP contribution in [-0.4, -0.2) is 59.8 Å². The number of ether oxygens (including phenoxy) is 1. The number of thiazole rings is 1. The minimum atomic E-state index is -3.80. The Labute approximate surface area is 284 Å². The Hall–Kier alpha value is -3.64. The lowest BCUT2D eigenvalue weighted by Gasteiger charge is -2.29. The number of aromatic nitrogens is 1. The van der Waals surface area contributed by atoms with Crippen LogP contribution in [0.1, 0.15) is 69.8 Å². The summed E-state index contributed by atoms with van der Waals surface area (Å²) in [5.41, 5.74) is 0.465. The fraction of sp³-hybridized carbons (Fsp3) is 0.500. The summed E-state index contributed by atoms with van der Waals surface area (Å²) in [5.74, 6) is -2.00. The first-order valence-electron chi connectivity index (χ1n) is 16.9. The summed E-state index contributed by atoms with van der Waals surface area (Å²) in [7, 11) is -3.80. The molecule has 254 valence electrons. The summed E-state index contributed by atoms with van der Waals surface area (Å²) in [6.07, 6.45) is 9.69. The molecule has 7 rings (SSSR count). The molecule has 0 spiro atoms. The summed E-state index contributed by atoms with van der Waals surface area (Å²) >= 11 is 1.21. The van der Waals surface area contributed by atoms with E-state index >= 15 is 0 Å². The van der Waals surface area contributed by atoms with Crippen LogP contribution >= 0.6 is 11.3 Å². The van der Waals surface area contributed by atoms with Gasteiger partial charge in [0.2, 0.25) is 21.8 Å². The Kier molecular flexibility index (Phi) is 9.14. The second kappa shape index (κ2) is 13.3. The first-order valence-corrected chi connectivity index (χ1v) is 19.3. The maximum Gasteiger partial charge on any atom is 0.274 e. The third kappa shape index (κ3) is 7.05. The largest absolute Gasteiger partial charge is 0.465 e. The van der Waals surface area contributed by atoms with Gasteiger partial charge < -0.3 is 9.64 Å². The normalized spacial score (nSPS) is 29.0. The third-order valence-electron chi connectivity index (χ3n) is 10.3. The van der Waals surface area contributed by atoms with E-state index in [4.69, 9.17) is 4.74 Å². The highest BCUT2D eigenvalue weighted by Crippen LogP contribution is 2.57. The molecule has 0 radical (unpaired) electrons. The van der Waals surface area contributed by atoms with Crippen LogP contribution in [0.3, 0.4) is 0 Å². The molecule has 3 fully saturated rings. The number of carbonyl (C=O) groups excluding carboxylic acids is 3. The molecule has 2 saturated carbocycles. The molecule has 3 aromatic rings. The van der Waals surface area contributed by atoms with Crippen molar-refractivity contribution in [1.82, 2.24) is 14.6 Å². The number of hydrogen-bond donors (Lipinski definition) is 1. The van der Waals surface area contributed by atoms with Gasteiger partial charge in [0, 0.05) is 18.8 Å². The van der Waals surface area contributed by atoms with Crippen LogP contribution < -0.4 is 9.46 Å². The number of nitrogens with one attached hydrogen (secondary N) is 1. The smallest absolute Gasteiger partial charge is 0.274 e. The van der Waals surface area contributed by atoms with Crippen LogP contribution in [0.15, 0.2) is 60.7 Å². The zero-order valence-corrected chi connectivity index (χ0v) is 28.3. The Morgan fingerprint density at radius 3 is 2.69 bits per heavy atom. The zero-order chi connectivity index (χ0) is 33.5. The maximum atomic E-state index is 14.5.